The van der Waals surface area contributed by atoms with E-state index in [1.165, 1.54) is 0 Å². The molecule has 1 aromatic rings. The van der Waals surface area contributed by atoms with Gasteiger partial charge in [0.25, 0.3) is 0 Å². The van der Waals surface area contributed by atoms with E-state index in [-0.39, 0.29) is 11.9 Å². The van der Waals surface area contributed by atoms with E-state index in [1.807, 2.05) is 13.8 Å². The van der Waals surface area contributed by atoms with Crippen molar-refractivity contribution in [2.75, 3.05) is 13.2 Å². The number of nitrogens with two attached hydrogens (primary N) is 1. The van der Waals surface area contributed by atoms with Crippen LogP contribution in [0.4, 0.5) is 0 Å². The van der Waals surface area contributed by atoms with Crippen molar-refractivity contribution >= 4 is 5.84 Å². The summed E-state index contributed by atoms with van der Waals surface area (Å²) < 4.78 is 10.8. The molecule has 88 valence electrons. The van der Waals surface area contributed by atoms with Crippen LogP contribution >= 0.6 is 0 Å². The first-order valence-corrected chi connectivity index (χ1v) is 5.14. The fourth-order valence-corrected chi connectivity index (χ4v) is 1.15. The van der Waals surface area contributed by atoms with Gasteiger partial charge in [0.15, 0.2) is 0 Å². The Balaban J connectivity index is 2.50. The smallest absolute Gasteiger partial charge is 0.148 e. The Bertz CT molecular complexity index is 353. The molecule has 0 amide bonds. The second-order valence-electron chi connectivity index (χ2n) is 3.55. The second-order valence-corrected chi connectivity index (χ2v) is 3.55. The van der Waals surface area contributed by atoms with Crippen LogP contribution < -0.4 is 10.5 Å². The zero-order chi connectivity index (χ0) is 12.0. The Kier molecular flexibility index (Phi) is 4.72. The van der Waals surface area contributed by atoms with Crippen LogP contribution in [0.5, 0.6) is 5.75 Å². The van der Waals surface area contributed by atoms with E-state index in [2.05, 4.69) is 4.98 Å². The minimum Gasteiger partial charge on any atom is -0.489 e. The molecule has 5 heteroatoms. The number of nitrogens with zero attached hydrogens (tertiary/aromatic N) is 1. The number of aromatic nitrogens is 1. The van der Waals surface area contributed by atoms with E-state index in [4.69, 9.17) is 20.6 Å². The monoisotopic (exact) mass is 223 g/mol. The number of amidine groups is 1. The molecule has 3 N–H and O–H groups in total. The summed E-state index contributed by atoms with van der Waals surface area (Å²) in [7, 11) is 0. The molecule has 1 aromatic heterocycles. The zero-order valence-corrected chi connectivity index (χ0v) is 9.56. The van der Waals surface area contributed by atoms with Crippen LogP contribution in [-0.2, 0) is 4.74 Å². The van der Waals surface area contributed by atoms with Crippen molar-refractivity contribution in [3.05, 3.63) is 24.0 Å². The van der Waals surface area contributed by atoms with Crippen LogP contribution in [0.3, 0.4) is 0 Å². The number of hydrogen-bond donors (Lipinski definition) is 2. The van der Waals surface area contributed by atoms with Gasteiger partial charge in [-0.1, -0.05) is 0 Å². The number of ether oxygens (including phenoxy) is 2. The summed E-state index contributed by atoms with van der Waals surface area (Å²) in [5.41, 5.74) is 5.97. The van der Waals surface area contributed by atoms with Gasteiger partial charge in [0.05, 0.1) is 24.5 Å². The average Bonchev–Trinajstić information content (AvgIpc) is 2.24. The van der Waals surface area contributed by atoms with Crippen molar-refractivity contribution in [1.29, 1.82) is 5.41 Å². The molecular weight excluding hydrogens is 206 g/mol. The molecule has 0 radical (unpaired) electrons. The van der Waals surface area contributed by atoms with Crippen molar-refractivity contribution in [2.45, 2.75) is 20.0 Å². The largest absolute Gasteiger partial charge is 0.489 e. The van der Waals surface area contributed by atoms with E-state index in [0.717, 1.165) is 0 Å². The average molecular weight is 223 g/mol. The van der Waals surface area contributed by atoms with Gasteiger partial charge in [0.1, 0.15) is 18.2 Å². The highest BCUT2D eigenvalue weighted by Crippen LogP contribution is 2.15. The number of rotatable bonds is 6. The lowest BCUT2D eigenvalue weighted by atomic mass is 10.2. The van der Waals surface area contributed by atoms with Gasteiger partial charge in [-0.2, -0.15) is 0 Å². The van der Waals surface area contributed by atoms with Gasteiger partial charge in [-0.25, -0.2) is 0 Å². The quantitative estimate of drug-likeness (QED) is 0.431. The first-order chi connectivity index (χ1) is 7.61. The van der Waals surface area contributed by atoms with Crippen LogP contribution in [0.1, 0.15) is 19.4 Å². The van der Waals surface area contributed by atoms with E-state index >= 15 is 0 Å². The molecule has 1 heterocycles. The minimum absolute atomic E-state index is 0.0258. The molecule has 0 aliphatic rings. The second kappa shape index (κ2) is 6.07. The van der Waals surface area contributed by atoms with Gasteiger partial charge in [0, 0.05) is 6.20 Å². The molecule has 1 rings (SSSR count). The third-order valence-corrected chi connectivity index (χ3v) is 1.87. The van der Waals surface area contributed by atoms with Crippen LogP contribution in [0.2, 0.25) is 0 Å². The van der Waals surface area contributed by atoms with Crippen molar-refractivity contribution in [1.82, 2.24) is 4.98 Å². The van der Waals surface area contributed by atoms with E-state index in [9.17, 15) is 0 Å². The van der Waals surface area contributed by atoms with Crippen molar-refractivity contribution in [2.24, 2.45) is 5.73 Å². The Labute approximate surface area is 95.1 Å². The van der Waals surface area contributed by atoms with Crippen molar-refractivity contribution in [3.8, 4) is 5.75 Å². The number of pyridine rings is 1. The van der Waals surface area contributed by atoms with Crippen molar-refractivity contribution < 1.29 is 9.47 Å². The fourth-order valence-electron chi connectivity index (χ4n) is 1.15. The summed E-state index contributed by atoms with van der Waals surface area (Å²) in [4.78, 5) is 3.92. The van der Waals surface area contributed by atoms with Crippen LogP contribution in [-0.4, -0.2) is 30.1 Å². The minimum atomic E-state index is -0.0258. The number of nitrogen functional groups attached to an aromatic ring is 1. The molecule has 0 fully saturated rings. The first kappa shape index (κ1) is 12.4. The SMILES string of the molecule is CC(C)OCCOc1cnccc1C(=N)N. The summed E-state index contributed by atoms with van der Waals surface area (Å²) in [5.74, 6) is 0.490. The maximum atomic E-state index is 7.36. The van der Waals surface area contributed by atoms with Gasteiger partial charge >= 0.3 is 0 Å². The normalized spacial score (nSPS) is 10.4. The highest BCUT2D eigenvalue weighted by molar-refractivity contribution is 5.97. The first-order valence-electron chi connectivity index (χ1n) is 5.14. The maximum absolute atomic E-state index is 7.36. The predicted octanol–water partition coefficient (Wildman–Crippen LogP) is 1.17. The Morgan fingerprint density at radius 1 is 1.50 bits per heavy atom. The zero-order valence-electron chi connectivity index (χ0n) is 9.56. The third kappa shape index (κ3) is 3.86. The molecule has 0 aliphatic heterocycles. The van der Waals surface area contributed by atoms with Crippen LogP contribution in [0, 0.1) is 5.41 Å². The predicted molar refractivity (Wildman–Crippen MR) is 61.8 cm³/mol. The van der Waals surface area contributed by atoms with Crippen LogP contribution in [0.15, 0.2) is 18.5 Å². The lowest BCUT2D eigenvalue weighted by Crippen LogP contribution is -2.16. The summed E-state index contributed by atoms with van der Waals surface area (Å²) in [6.07, 6.45) is 3.31. The standard InChI is InChI=1S/C11H17N3O2/c1-8(2)15-5-6-16-10-7-14-4-3-9(10)11(12)13/h3-4,7-8H,5-6H2,1-2H3,(H3,12,13). The molecule has 16 heavy (non-hydrogen) atoms. The van der Waals surface area contributed by atoms with Crippen molar-refractivity contribution in [3.63, 3.8) is 0 Å². The Morgan fingerprint density at radius 3 is 2.88 bits per heavy atom. The van der Waals surface area contributed by atoms with E-state index < -0.39 is 0 Å². The topological polar surface area (TPSA) is 81.2 Å². The lowest BCUT2D eigenvalue weighted by Gasteiger charge is -2.11. The lowest BCUT2D eigenvalue weighted by molar-refractivity contribution is 0.0551. The molecule has 0 atom stereocenters. The Hall–Kier alpha value is -1.62. The Morgan fingerprint density at radius 2 is 2.25 bits per heavy atom. The van der Waals surface area contributed by atoms with E-state index in [0.29, 0.717) is 24.5 Å². The summed E-state index contributed by atoms with van der Waals surface area (Å²) >= 11 is 0. The molecule has 5 nitrogen and oxygen atoms in total. The summed E-state index contributed by atoms with van der Waals surface area (Å²) in [6, 6.07) is 1.65. The molecule has 0 saturated heterocycles. The van der Waals surface area contributed by atoms with Gasteiger partial charge in [-0.05, 0) is 19.9 Å². The summed E-state index contributed by atoms with van der Waals surface area (Å²) in [5, 5.41) is 7.36. The van der Waals surface area contributed by atoms with E-state index in [1.54, 1.807) is 18.5 Å². The number of nitrogens with one attached hydrogen (secondary N) is 1. The molecule has 0 spiro atoms. The van der Waals surface area contributed by atoms with Gasteiger partial charge in [0.2, 0.25) is 0 Å². The molecule has 0 aromatic carbocycles. The molecule has 0 unspecified atom stereocenters. The third-order valence-electron chi connectivity index (χ3n) is 1.87. The molecule has 0 bridgehead atoms. The molecule has 0 saturated carbocycles. The van der Waals surface area contributed by atoms with Gasteiger partial charge in [-0.15, -0.1) is 0 Å². The molecular formula is C11H17N3O2. The highest BCUT2D eigenvalue weighted by Gasteiger charge is 2.05. The summed E-state index contributed by atoms with van der Waals surface area (Å²) in [6.45, 7) is 4.85. The van der Waals surface area contributed by atoms with Gasteiger partial charge < -0.3 is 15.2 Å². The maximum Gasteiger partial charge on any atom is 0.148 e. The van der Waals surface area contributed by atoms with Crippen LogP contribution in [0.25, 0.3) is 0 Å². The molecule has 0 aliphatic carbocycles. The fraction of sp³-hybridized carbons (Fsp3) is 0.455. The van der Waals surface area contributed by atoms with Gasteiger partial charge in [-0.3, -0.25) is 10.4 Å². The highest BCUT2D eigenvalue weighted by atomic mass is 16.5. The number of hydrogen-bond acceptors (Lipinski definition) is 4.